The fourth-order valence-corrected chi connectivity index (χ4v) is 3.08. The van der Waals surface area contributed by atoms with Gasteiger partial charge in [-0.25, -0.2) is 0 Å². The van der Waals surface area contributed by atoms with E-state index in [4.69, 9.17) is 4.74 Å². The Bertz CT molecular complexity index is 433. The van der Waals surface area contributed by atoms with Gasteiger partial charge >= 0.3 is 5.97 Å². The van der Waals surface area contributed by atoms with E-state index in [0.717, 1.165) is 25.0 Å². The smallest absolute Gasteiger partial charge is 0.314 e. The van der Waals surface area contributed by atoms with Crippen LogP contribution in [0.3, 0.4) is 0 Å². The largest absolute Gasteiger partial charge is 0.426 e. The summed E-state index contributed by atoms with van der Waals surface area (Å²) in [7, 11) is 0. The highest BCUT2D eigenvalue weighted by atomic mass is 16.5. The maximum absolute atomic E-state index is 12.3. The predicted octanol–water partition coefficient (Wildman–Crippen LogP) is 5.30. The molecule has 0 spiro atoms. The summed E-state index contributed by atoms with van der Waals surface area (Å²) < 4.78 is 5.70. The highest BCUT2D eigenvalue weighted by molar-refractivity contribution is 5.75. The van der Waals surface area contributed by atoms with Gasteiger partial charge in [-0.05, 0) is 37.3 Å². The number of hydrogen-bond donors (Lipinski definition) is 0. The standard InChI is InChI=1S/C19H28O2/c1-2-3-4-6-11-16-12-9-10-15-18(16)21-19(20)17-13-7-5-8-14-17/h9-10,12,15,17H,2-8,11,13-14H2,1H3. The van der Waals surface area contributed by atoms with Crippen LogP contribution in [0.1, 0.15) is 70.3 Å². The van der Waals surface area contributed by atoms with Gasteiger partial charge in [0.05, 0.1) is 5.92 Å². The molecule has 0 unspecified atom stereocenters. The molecule has 2 rings (SSSR count). The van der Waals surface area contributed by atoms with E-state index in [0.29, 0.717) is 0 Å². The number of rotatable bonds is 7. The van der Waals surface area contributed by atoms with Gasteiger partial charge in [-0.15, -0.1) is 0 Å². The van der Waals surface area contributed by atoms with Crippen LogP contribution in [0.4, 0.5) is 0 Å². The molecule has 0 N–H and O–H groups in total. The van der Waals surface area contributed by atoms with E-state index in [-0.39, 0.29) is 11.9 Å². The molecule has 0 aromatic heterocycles. The maximum atomic E-state index is 12.3. The Morgan fingerprint density at radius 1 is 1.10 bits per heavy atom. The molecule has 116 valence electrons. The minimum Gasteiger partial charge on any atom is -0.426 e. The molecule has 0 heterocycles. The van der Waals surface area contributed by atoms with Crippen LogP contribution >= 0.6 is 0 Å². The molecule has 1 fully saturated rings. The molecule has 1 saturated carbocycles. The number of aryl methyl sites for hydroxylation is 1. The Morgan fingerprint density at radius 2 is 1.86 bits per heavy atom. The van der Waals surface area contributed by atoms with Crippen molar-refractivity contribution in [1.29, 1.82) is 0 Å². The van der Waals surface area contributed by atoms with Crippen LogP contribution in [0.2, 0.25) is 0 Å². The topological polar surface area (TPSA) is 26.3 Å². The van der Waals surface area contributed by atoms with Crippen molar-refractivity contribution in [3.63, 3.8) is 0 Å². The summed E-state index contributed by atoms with van der Waals surface area (Å²) in [5.41, 5.74) is 1.18. The van der Waals surface area contributed by atoms with Gasteiger partial charge in [-0.2, -0.15) is 0 Å². The third-order valence-electron chi connectivity index (χ3n) is 4.42. The highest BCUT2D eigenvalue weighted by Crippen LogP contribution is 2.27. The van der Waals surface area contributed by atoms with E-state index in [2.05, 4.69) is 13.0 Å². The quantitative estimate of drug-likeness (QED) is 0.387. The van der Waals surface area contributed by atoms with Gasteiger partial charge in [0.1, 0.15) is 5.75 Å². The second-order valence-electron chi connectivity index (χ2n) is 6.17. The van der Waals surface area contributed by atoms with Gasteiger partial charge in [-0.1, -0.05) is 63.6 Å². The van der Waals surface area contributed by atoms with Crippen molar-refractivity contribution in [3.8, 4) is 5.75 Å². The molecule has 0 atom stereocenters. The van der Waals surface area contributed by atoms with Gasteiger partial charge in [0, 0.05) is 0 Å². The molecule has 1 aliphatic rings. The summed E-state index contributed by atoms with van der Waals surface area (Å²) in [6.45, 7) is 2.22. The molecule has 2 nitrogen and oxygen atoms in total. The second-order valence-corrected chi connectivity index (χ2v) is 6.17. The number of hydrogen-bond acceptors (Lipinski definition) is 2. The zero-order chi connectivity index (χ0) is 14.9. The van der Waals surface area contributed by atoms with Crippen molar-refractivity contribution in [3.05, 3.63) is 29.8 Å². The Balaban J connectivity index is 1.90. The van der Waals surface area contributed by atoms with Gasteiger partial charge in [0.15, 0.2) is 0 Å². The Morgan fingerprint density at radius 3 is 2.62 bits per heavy atom. The Hall–Kier alpha value is -1.31. The molecule has 0 bridgehead atoms. The normalized spacial score (nSPS) is 15.9. The number of esters is 1. The number of ether oxygens (including phenoxy) is 1. The van der Waals surface area contributed by atoms with Crippen LogP contribution < -0.4 is 4.74 Å². The highest BCUT2D eigenvalue weighted by Gasteiger charge is 2.23. The molecule has 21 heavy (non-hydrogen) atoms. The van der Waals surface area contributed by atoms with Crippen LogP contribution in [0.15, 0.2) is 24.3 Å². The fourth-order valence-electron chi connectivity index (χ4n) is 3.08. The Labute approximate surface area is 128 Å². The van der Waals surface area contributed by atoms with E-state index in [1.807, 2.05) is 18.2 Å². The number of unbranched alkanes of at least 4 members (excludes halogenated alkanes) is 3. The van der Waals surface area contributed by atoms with Crippen molar-refractivity contribution < 1.29 is 9.53 Å². The molecular formula is C19H28O2. The van der Waals surface area contributed by atoms with Crippen LogP contribution in [0, 0.1) is 5.92 Å². The summed E-state index contributed by atoms with van der Waals surface area (Å²) in [5, 5.41) is 0. The molecule has 0 aliphatic heterocycles. The summed E-state index contributed by atoms with van der Waals surface area (Å²) in [6, 6.07) is 8.03. The first-order valence-electron chi connectivity index (χ1n) is 8.61. The third kappa shape index (κ3) is 5.18. The van der Waals surface area contributed by atoms with Gasteiger partial charge in [0.2, 0.25) is 0 Å². The van der Waals surface area contributed by atoms with Crippen molar-refractivity contribution >= 4 is 5.97 Å². The number of para-hydroxylation sites is 1. The molecule has 1 aromatic carbocycles. The van der Waals surface area contributed by atoms with Crippen LogP contribution in [0.5, 0.6) is 5.75 Å². The zero-order valence-electron chi connectivity index (χ0n) is 13.3. The van der Waals surface area contributed by atoms with Crippen LogP contribution in [-0.4, -0.2) is 5.97 Å². The van der Waals surface area contributed by atoms with Gasteiger partial charge < -0.3 is 4.74 Å². The van der Waals surface area contributed by atoms with E-state index in [9.17, 15) is 4.79 Å². The Kier molecular flexibility index (Phi) is 6.78. The zero-order valence-corrected chi connectivity index (χ0v) is 13.3. The number of carbonyl (C=O) groups excluding carboxylic acids is 1. The molecule has 1 aliphatic carbocycles. The maximum Gasteiger partial charge on any atom is 0.314 e. The van der Waals surface area contributed by atoms with Gasteiger partial charge in [-0.3, -0.25) is 4.79 Å². The first-order valence-corrected chi connectivity index (χ1v) is 8.61. The lowest BCUT2D eigenvalue weighted by atomic mass is 9.89. The summed E-state index contributed by atoms with van der Waals surface area (Å²) in [6.07, 6.45) is 11.5. The second kappa shape index (κ2) is 8.86. The lowest BCUT2D eigenvalue weighted by Gasteiger charge is -2.20. The minimum absolute atomic E-state index is 0.0179. The van der Waals surface area contributed by atoms with E-state index < -0.39 is 0 Å². The number of carbonyl (C=O) groups is 1. The molecule has 1 aromatic rings. The third-order valence-corrected chi connectivity index (χ3v) is 4.42. The predicted molar refractivity (Wildman–Crippen MR) is 86.5 cm³/mol. The average Bonchev–Trinajstić information content (AvgIpc) is 2.54. The monoisotopic (exact) mass is 288 g/mol. The average molecular weight is 288 g/mol. The summed E-state index contributed by atoms with van der Waals surface area (Å²) in [5.74, 6) is 0.882. The van der Waals surface area contributed by atoms with Crippen molar-refractivity contribution in [2.75, 3.05) is 0 Å². The number of benzene rings is 1. The minimum atomic E-state index is -0.0179. The van der Waals surface area contributed by atoms with Gasteiger partial charge in [0.25, 0.3) is 0 Å². The lowest BCUT2D eigenvalue weighted by molar-refractivity contribution is -0.140. The molecule has 0 amide bonds. The van der Waals surface area contributed by atoms with Crippen molar-refractivity contribution in [1.82, 2.24) is 0 Å². The lowest BCUT2D eigenvalue weighted by Crippen LogP contribution is -2.23. The van der Waals surface area contributed by atoms with Crippen LogP contribution in [-0.2, 0) is 11.2 Å². The van der Waals surface area contributed by atoms with Crippen LogP contribution in [0.25, 0.3) is 0 Å². The SMILES string of the molecule is CCCCCCc1ccccc1OC(=O)C1CCCCC1. The van der Waals surface area contributed by atoms with E-state index in [1.165, 1.54) is 50.5 Å². The fraction of sp³-hybridized carbons (Fsp3) is 0.632. The van der Waals surface area contributed by atoms with Crippen molar-refractivity contribution in [2.45, 2.75) is 71.1 Å². The first-order chi connectivity index (χ1) is 10.3. The first kappa shape index (κ1) is 16.1. The molecule has 2 heteroatoms. The van der Waals surface area contributed by atoms with E-state index >= 15 is 0 Å². The van der Waals surface area contributed by atoms with E-state index in [1.54, 1.807) is 0 Å². The summed E-state index contributed by atoms with van der Waals surface area (Å²) >= 11 is 0. The summed E-state index contributed by atoms with van der Waals surface area (Å²) in [4.78, 5) is 12.3. The molecular weight excluding hydrogens is 260 g/mol. The molecule has 0 saturated heterocycles. The van der Waals surface area contributed by atoms with Crippen molar-refractivity contribution in [2.24, 2.45) is 5.92 Å². The molecule has 0 radical (unpaired) electrons.